The Morgan fingerprint density at radius 3 is 2.96 bits per heavy atom. The lowest BCUT2D eigenvalue weighted by Gasteiger charge is -2.10. The Labute approximate surface area is 166 Å². The molecular formula is C21H22FN3O2S. The van der Waals surface area contributed by atoms with E-state index < -0.39 is 0 Å². The smallest absolute Gasteiger partial charge is 0.262 e. The van der Waals surface area contributed by atoms with Crippen LogP contribution >= 0.6 is 11.3 Å². The SMILES string of the molecule is Cc1ccc(CNC(=O)CCn2cnc3sc4c(c3c2=O)CCCC4)cc1F. The van der Waals surface area contributed by atoms with Crippen LogP contribution in [0.2, 0.25) is 0 Å². The maximum atomic E-state index is 13.6. The largest absolute Gasteiger partial charge is 0.352 e. The van der Waals surface area contributed by atoms with Gasteiger partial charge in [-0.15, -0.1) is 11.3 Å². The molecule has 0 bridgehead atoms. The first-order chi connectivity index (χ1) is 13.5. The number of aromatic nitrogens is 2. The number of hydrogen-bond acceptors (Lipinski definition) is 4. The van der Waals surface area contributed by atoms with Crippen molar-refractivity contribution < 1.29 is 9.18 Å². The second-order valence-corrected chi connectivity index (χ2v) is 8.33. The van der Waals surface area contributed by atoms with Gasteiger partial charge < -0.3 is 5.32 Å². The van der Waals surface area contributed by atoms with Crippen LogP contribution in [-0.4, -0.2) is 15.5 Å². The van der Waals surface area contributed by atoms with Crippen LogP contribution in [0.5, 0.6) is 0 Å². The highest BCUT2D eigenvalue weighted by molar-refractivity contribution is 7.18. The van der Waals surface area contributed by atoms with Crippen molar-refractivity contribution in [1.29, 1.82) is 0 Å². The van der Waals surface area contributed by atoms with Crippen molar-refractivity contribution in [3.63, 3.8) is 0 Å². The summed E-state index contributed by atoms with van der Waals surface area (Å²) in [6.07, 6.45) is 5.94. The fourth-order valence-corrected chi connectivity index (χ4v) is 4.82. The molecule has 0 radical (unpaired) electrons. The molecule has 7 heteroatoms. The van der Waals surface area contributed by atoms with Gasteiger partial charge in [-0.3, -0.25) is 14.2 Å². The number of aryl methyl sites for hydroxylation is 4. The van der Waals surface area contributed by atoms with Gasteiger partial charge in [0.05, 0.1) is 11.7 Å². The highest BCUT2D eigenvalue weighted by Crippen LogP contribution is 2.33. The van der Waals surface area contributed by atoms with Gasteiger partial charge in [0.1, 0.15) is 10.6 Å². The van der Waals surface area contributed by atoms with E-state index >= 15 is 0 Å². The molecule has 0 fully saturated rings. The van der Waals surface area contributed by atoms with Crippen LogP contribution in [0.25, 0.3) is 10.2 Å². The van der Waals surface area contributed by atoms with Crippen molar-refractivity contribution in [3.05, 3.63) is 62.3 Å². The van der Waals surface area contributed by atoms with Crippen molar-refractivity contribution in [3.8, 4) is 0 Å². The first-order valence-electron chi connectivity index (χ1n) is 9.54. The van der Waals surface area contributed by atoms with Gasteiger partial charge in [-0.25, -0.2) is 9.37 Å². The van der Waals surface area contributed by atoms with Gasteiger partial charge in [-0.1, -0.05) is 12.1 Å². The lowest BCUT2D eigenvalue weighted by Crippen LogP contribution is -2.27. The van der Waals surface area contributed by atoms with Gasteiger partial charge in [0.15, 0.2) is 0 Å². The molecule has 0 aliphatic heterocycles. The number of thiophene rings is 1. The Bertz CT molecular complexity index is 1100. The van der Waals surface area contributed by atoms with Crippen LogP contribution < -0.4 is 10.9 Å². The fraction of sp³-hybridized carbons (Fsp3) is 0.381. The van der Waals surface area contributed by atoms with E-state index in [2.05, 4.69) is 10.3 Å². The van der Waals surface area contributed by atoms with E-state index in [0.29, 0.717) is 11.1 Å². The number of nitrogens with one attached hydrogen (secondary N) is 1. The van der Waals surface area contributed by atoms with Crippen LogP contribution in [-0.2, 0) is 30.7 Å². The summed E-state index contributed by atoms with van der Waals surface area (Å²) < 4.78 is 15.1. The average molecular weight is 399 g/mol. The van der Waals surface area contributed by atoms with Gasteiger partial charge in [0.25, 0.3) is 5.56 Å². The fourth-order valence-electron chi connectivity index (χ4n) is 3.60. The Morgan fingerprint density at radius 2 is 2.14 bits per heavy atom. The number of halogens is 1. The van der Waals surface area contributed by atoms with Gasteiger partial charge in [-0.2, -0.15) is 0 Å². The monoisotopic (exact) mass is 399 g/mol. The van der Waals surface area contributed by atoms with Gasteiger partial charge in [0.2, 0.25) is 5.91 Å². The third kappa shape index (κ3) is 3.71. The zero-order chi connectivity index (χ0) is 19.7. The molecule has 0 saturated heterocycles. The third-order valence-corrected chi connectivity index (χ3v) is 6.45. The van der Waals surface area contributed by atoms with E-state index in [4.69, 9.17) is 0 Å². The Morgan fingerprint density at radius 1 is 1.32 bits per heavy atom. The van der Waals surface area contributed by atoms with Crippen LogP contribution in [0.4, 0.5) is 4.39 Å². The number of benzene rings is 1. The van der Waals surface area contributed by atoms with E-state index in [1.54, 1.807) is 30.4 Å². The standard InChI is InChI=1S/C21H22FN3O2S/c1-13-6-7-14(10-16(13)22)11-23-18(26)8-9-25-12-24-20-19(21(25)27)15-4-2-3-5-17(15)28-20/h6-7,10,12H,2-5,8-9,11H2,1H3,(H,23,26). The number of carbonyl (C=O) groups excluding carboxylic acids is 1. The van der Waals surface area contributed by atoms with E-state index in [9.17, 15) is 14.0 Å². The average Bonchev–Trinajstić information content (AvgIpc) is 3.07. The van der Waals surface area contributed by atoms with E-state index in [1.807, 2.05) is 0 Å². The number of rotatable bonds is 5. The highest BCUT2D eigenvalue weighted by atomic mass is 32.1. The van der Waals surface area contributed by atoms with Crippen molar-refractivity contribution in [1.82, 2.24) is 14.9 Å². The van der Waals surface area contributed by atoms with Crippen LogP contribution in [0, 0.1) is 12.7 Å². The number of carbonyl (C=O) groups is 1. The van der Waals surface area contributed by atoms with Crippen molar-refractivity contribution >= 4 is 27.5 Å². The molecule has 4 rings (SSSR count). The number of hydrogen-bond donors (Lipinski definition) is 1. The summed E-state index contributed by atoms with van der Waals surface area (Å²) in [4.78, 5) is 31.6. The van der Waals surface area contributed by atoms with E-state index in [-0.39, 0.29) is 36.8 Å². The van der Waals surface area contributed by atoms with E-state index in [0.717, 1.165) is 35.0 Å². The molecule has 146 valence electrons. The highest BCUT2D eigenvalue weighted by Gasteiger charge is 2.20. The molecule has 2 aromatic heterocycles. The molecule has 1 amide bonds. The summed E-state index contributed by atoms with van der Waals surface area (Å²) in [6, 6.07) is 4.91. The summed E-state index contributed by atoms with van der Waals surface area (Å²) >= 11 is 1.62. The van der Waals surface area contributed by atoms with Gasteiger partial charge in [0, 0.05) is 24.4 Å². The molecule has 0 unspecified atom stereocenters. The summed E-state index contributed by atoms with van der Waals surface area (Å²) in [7, 11) is 0. The second kappa shape index (κ2) is 7.83. The molecule has 0 atom stereocenters. The molecule has 1 aliphatic rings. The second-order valence-electron chi connectivity index (χ2n) is 7.24. The lowest BCUT2D eigenvalue weighted by atomic mass is 9.97. The minimum atomic E-state index is -0.281. The zero-order valence-electron chi connectivity index (χ0n) is 15.8. The molecule has 5 nitrogen and oxygen atoms in total. The van der Waals surface area contributed by atoms with Crippen LogP contribution in [0.1, 0.15) is 40.8 Å². The molecule has 1 aromatic carbocycles. The van der Waals surface area contributed by atoms with Crippen LogP contribution in [0.15, 0.2) is 29.3 Å². The predicted molar refractivity (Wildman–Crippen MR) is 108 cm³/mol. The van der Waals surface area contributed by atoms with Crippen molar-refractivity contribution in [2.45, 2.75) is 52.1 Å². The number of amides is 1. The summed E-state index contributed by atoms with van der Waals surface area (Å²) in [5.41, 5.74) is 2.39. The first kappa shape index (κ1) is 18.8. The minimum absolute atomic E-state index is 0.0576. The third-order valence-electron chi connectivity index (χ3n) is 5.25. The normalized spacial score (nSPS) is 13.5. The molecule has 0 spiro atoms. The van der Waals surface area contributed by atoms with Gasteiger partial charge >= 0.3 is 0 Å². The minimum Gasteiger partial charge on any atom is -0.352 e. The summed E-state index contributed by atoms with van der Waals surface area (Å²) in [5.74, 6) is -0.461. The number of fused-ring (bicyclic) bond motifs is 3. The van der Waals surface area contributed by atoms with E-state index in [1.165, 1.54) is 28.3 Å². The topological polar surface area (TPSA) is 64.0 Å². The molecule has 1 aliphatic carbocycles. The molecule has 0 saturated carbocycles. The quantitative estimate of drug-likeness (QED) is 0.714. The molecule has 2 heterocycles. The zero-order valence-corrected chi connectivity index (χ0v) is 16.6. The maximum absolute atomic E-state index is 13.6. The number of nitrogens with zero attached hydrogens (tertiary/aromatic N) is 2. The van der Waals surface area contributed by atoms with Crippen LogP contribution in [0.3, 0.4) is 0 Å². The first-order valence-corrected chi connectivity index (χ1v) is 10.4. The summed E-state index contributed by atoms with van der Waals surface area (Å²) in [6.45, 7) is 2.24. The molecule has 28 heavy (non-hydrogen) atoms. The Hall–Kier alpha value is -2.54. The summed E-state index contributed by atoms with van der Waals surface area (Å²) in [5, 5.41) is 3.51. The Kier molecular flexibility index (Phi) is 5.26. The van der Waals surface area contributed by atoms with Gasteiger partial charge in [-0.05, 0) is 55.4 Å². The Balaban J connectivity index is 1.42. The molecular weight excluding hydrogens is 377 g/mol. The molecule has 3 aromatic rings. The maximum Gasteiger partial charge on any atom is 0.262 e. The predicted octanol–water partition coefficient (Wildman–Crippen LogP) is 3.49. The van der Waals surface area contributed by atoms with Crippen molar-refractivity contribution in [2.75, 3.05) is 0 Å². The lowest BCUT2D eigenvalue weighted by molar-refractivity contribution is -0.121. The molecule has 1 N–H and O–H groups in total. The van der Waals surface area contributed by atoms with Crippen molar-refractivity contribution in [2.24, 2.45) is 0 Å².